The molecule has 0 aliphatic carbocycles. The highest BCUT2D eigenvalue weighted by Crippen LogP contribution is 2.30. The van der Waals surface area contributed by atoms with Crippen molar-refractivity contribution in [1.29, 1.82) is 0 Å². The van der Waals surface area contributed by atoms with Crippen LogP contribution in [0.3, 0.4) is 0 Å². The van der Waals surface area contributed by atoms with Gasteiger partial charge >= 0.3 is 0 Å². The molecule has 0 fully saturated rings. The number of carbonyl (C=O) groups excluding carboxylic acids is 1. The minimum absolute atomic E-state index is 0.108. The van der Waals surface area contributed by atoms with Gasteiger partial charge in [0.15, 0.2) is 0 Å². The molecule has 0 atom stereocenters. The zero-order valence-electron chi connectivity index (χ0n) is 10.8. The van der Waals surface area contributed by atoms with Gasteiger partial charge in [-0.15, -0.1) is 0 Å². The zero-order chi connectivity index (χ0) is 12.3. The van der Waals surface area contributed by atoms with Crippen LogP contribution in [0, 0.1) is 6.92 Å². The summed E-state index contributed by atoms with van der Waals surface area (Å²) in [6.07, 6.45) is 0.568. The lowest BCUT2D eigenvalue weighted by Crippen LogP contribution is -2.20. The molecule has 0 bridgehead atoms. The van der Waals surface area contributed by atoms with Crippen molar-refractivity contribution in [2.75, 3.05) is 7.11 Å². The van der Waals surface area contributed by atoms with E-state index in [-0.39, 0.29) is 11.2 Å². The van der Waals surface area contributed by atoms with E-state index in [2.05, 4.69) is 19.9 Å². The third-order valence-electron chi connectivity index (χ3n) is 2.87. The molecule has 0 spiro atoms. The molecule has 0 aromatic heterocycles. The molecular weight excluding hydrogens is 200 g/mol. The summed E-state index contributed by atoms with van der Waals surface area (Å²) in [6, 6.07) is 6.10. The molecule has 16 heavy (non-hydrogen) atoms. The molecule has 1 rings (SSSR count). The Kier molecular flexibility index (Phi) is 3.74. The smallest absolute Gasteiger partial charge is 0.130 e. The third-order valence-corrected chi connectivity index (χ3v) is 2.87. The largest absolute Gasteiger partial charge is 0.496 e. The highest BCUT2D eigenvalue weighted by atomic mass is 16.5. The van der Waals surface area contributed by atoms with Gasteiger partial charge in [0.05, 0.1) is 7.11 Å². The van der Waals surface area contributed by atoms with E-state index in [1.54, 1.807) is 14.0 Å². The predicted octanol–water partition coefficient (Wildman–Crippen LogP) is 3.26. The van der Waals surface area contributed by atoms with Gasteiger partial charge in [-0.3, -0.25) is 4.79 Å². The minimum atomic E-state index is -0.108. The summed E-state index contributed by atoms with van der Waals surface area (Å²) >= 11 is 0. The second-order valence-corrected chi connectivity index (χ2v) is 4.95. The summed E-state index contributed by atoms with van der Waals surface area (Å²) in [5.74, 6) is 1.11. The Labute approximate surface area is 97.6 Å². The Bertz CT molecular complexity index is 392. The number of benzene rings is 1. The maximum atomic E-state index is 11.2. The van der Waals surface area contributed by atoms with Crippen molar-refractivity contribution in [1.82, 2.24) is 0 Å². The molecule has 88 valence electrons. The molecule has 0 unspecified atom stereocenters. The van der Waals surface area contributed by atoms with E-state index < -0.39 is 0 Å². The van der Waals surface area contributed by atoms with Crippen molar-refractivity contribution in [2.24, 2.45) is 0 Å². The van der Waals surface area contributed by atoms with E-state index >= 15 is 0 Å². The van der Waals surface area contributed by atoms with Gasteiger partial charge in [-0.05, 0) is 36.5 Å². The van der Waals surface area contributed by atoms with Gasteiger partial charge in [0.1, 0.15) is 11.5 Å². The second kappa shape index (κ2) is 4.69. The number of carbonyl (C=O) groups is 1. The summed E-state index contributed by atoms with van der Waals surface area (Å²) in [6.45, 7) is 7.84. The van der Waals surface area contributed by atoms with Gasteiger partial charge in [-0.25, -0.2) is 0 Å². The maximum absolute atomic E-state index is 11.2. The summed E-state index contributed by atoms with van der Waals surface area (Å²) < 4.78 is 5.23. The number of hydrogen-bond acceptors (Lipinski definition) is 2. The summed E-state index contributed by atoms with van der Waals surface area (Å²) in [5.41, 5.74) is 2.18. The first-order valence-electron chi connectivity index (χ1n) is 5.51. The van der Waals surface area contributed by atoms with Gasteiger partial charge in [-0.2, -0.15) is 0 Å². The number of aryl methyl sites for hydroxylation is 1. The maximum Gasteiger partial charge on any atom is 0.130 e. The zero-order valence-corrected chi connectivity index (χ0v) is 10.8. The number of ketones is 1. The molecular formula is C14H20O2. The van der Waals surface area contributed by atoms with Crippen LogP contribution >= 0.6 is 0 Å². The van der Waals surface area contributed by atoms with Crippen LogP contribution < -0.4 is 4.74 Å². The summed E-state index contributed by atoms with van der Waals surface area (Å²) in [4.78, 5) is 11.2. The Balaban J connectivity index is 3.04. The average molecular weight is 220 g/mol. The van der Waals surface area contributed by atoms with Crippen molar-refractivity contribution in [3.8, 4) is 5.75 Å². The molecule has 1 aromatic carbocycles. The lowest BCUT2D eigenvalue weighted by molar-refractivity contribution is -0.118. The number of rotatable bonds is 4. The van der Waals surface area contributed by atoms with E-state index in [0.717, 1.165) is 11.3 Å². The monoisotopic (exact) mass is 220 g/mol. The summed E-state index contributed by atoms with van der Waals surface area (Å²) in [5, 5.41) is 0. The molecule has 0 saturated carbocycles. The van der Waals surface area contributed by atoms with Crippen molar-refractivity contribution in [2.45, 2.75) is 39.5 Å². The number of methoxy groups -OCH3 is 1. The Hall–Kier alpha value is -1.31. The Morgan fingerprint density at radius 3 is 2.44 bits per heavy atom. The summed E-state index contributed by atoms with van der Waals surface area (Å²) in [7, 11) is 1.67. The molecule has 0 radical (unpaired) electrons. The van der Waals surface area contributed by atoms with E-state index in [9.17, 15) is 4.79 Å². The molecule has 2 heteroatoms. The quantitative estimate of drug-likeness (QED) is 0.778. The Morgan fingerprint density at radius 2 is 2.00 bits per heavy atom. The van der Waals surface area contributed by atoms with Crippen LogP contribution in [-0.4, -0.2) is 12.9 Å². The van der Waals surface area contributed by atoms with Crippen LogP contribution in [0.5, 0.6) is 5.75 Å². The SMILES string of the molecule is COc1ccc(C(C)(C)CC(C)=O)cc1C. The molecule has 0 saturated heterocycles. The minimum Gasteiger partial charge on any atom is -0.496 e. The van der Waals surface area contributed by atoms with Gasteiger partial charge < -0.3 is 4.74 Å². The number of Topliss-reactive ketones (excluding diaryl/α,β-unsaturated/α-hetero) is 1. The first-order chi connectivity index (χ1) is 7.36. The third kappa shape index (κ3) is 2.84. The molecule has 0 amide bonds. The van der Waals surface area contributed by atoms with Crippen molar-refractivity contribution in [3.05, 3.63) is 29.3 Å². The second-order valence-electron chi connectivity index (χ2n) is 4.95. The highest BCUT2D eigenvalue weighted by molar-refractivity contribution is 5.77. The lowest BCUT2D eigenvalue weighted by Gasteiger charge is -2.24. The van der Waals surface area contributed by atoms with Crippen LogP contribution in [0.4, 0.5) is 0 Å². The van der Waals surface area contributed by atoms with E-state index in [4.69, 9.17) is 4.74 Å². The van der Waals surface area contributed by atoms with Crippen LogP contribution in [0.15, 0.2) is 18.2 Å². The highest BCUT2D eigenvalue weighted by Gasteiger charge is 2.22. The molecule has 0 aliphatic rings. The molecule has 2 nitrogen and oxygen atoms in total. The van der Waals surface area contributed by atoms with Gasteiger partial charge in [0, 0.05) is 6.42 Å². The van der Waals surface area contributed by atoms with Crippen LogP contribution in [0.1, 0.15) is 38.3 Å². The fourth-order valence-corrected chi connectivity index (χ4v) is 2.02. The van der Waals surface area contributed by atoms with Crippen molar-refractivity contribution < 1.29 is 9.53 Å². The van der Waals surface area contributed by atoms with Crippen molar-refractivity contribution in [3.63, 3.8) is 0 Å². The standard InChI is InChI=1S/C14H20O2/c1-10-8-12(6-7-13(10)16-5)14(3,4)9-11(2)15/h6-8H,9H2,1-5H3. The molecule has 0 aliphatic heterocycles. The fourth-order valence-electron chi connectivity index (χ4n) is 2.02. The normalized spacial score (nSPS) is 11.3. The van der Waals surface area contributed by atoms with Gasteiger partial charge in [0.2, 0.25) is 0 Å². The van der Waals surface area contributed by atoms with Crippen molar-refractivity contribution >= 4 is 5.78 Å². The van der Waals surface area contributed by atoms with E-state index in [0.29, 0.717) is 6.42 Å². The van der Waals surface area contributed by atoms with Gasteiger partial charge in [-0.1, -0.05) is 26.0 Å². The van der Waals surface area contributed by atoms with Gasteiger partial charge in [0.25, 0.3) is 0 Å². The topological polar surface area (TPSA) is 26.3 Å². The van der Waals surface area contributed by atoms with E-state index in [1.807, 2.05) is 19.1 Å². The van der Waals surface area contributed by atoms with Crippen LogP contribution in [0.25, 0.3) is 0 Å². The molecule has 1 aromatic rings. The van der Waals surface area contributed by atoms with E-state index in [1.165, 1.54) is 5.56 Å². The fraction of sp³-hybridized carbons (Fsp3) is 0.500. The first kappa shape index (κ1) is 12.8. The lowest BCUT2D eigenvalue weighted by atomic mass is 9.80. The molecule has 0 heterocycles. The first-order valence-corrected chi connectivity index (χ1v) is 5.51. The Morgan fingerprint density at radius 1 is 1.38 bits per heavy atom. The van der Waals surface area contributed by atoms with Crippen LogP contribution in [-0.2, 0) is 10.2 Å². The average Bonchev–Trinajstić information content (AvgIpc) is 2.15. The number of hydrogen-bond donors (Lipinski definition) is 0. The predicted molar refractivity (Wildman–Crippen MR) is 66.1 cm³/mol. The number of ether oxygens (including phenoxy) is 1. The molecule has 0 N–H and O–H groups in total. The van der Waals surface area contributed by atoms with Crippen LogP contribution in [0.2, 0.25) is 0 Å².